The molecule has 0 spiro atoms. The molecule has 2 heterocycles. The van der Waals surface area contributed by atoms with E-state index < -0.39 is 5.41 Å². The third kappa shape index (κ3) is 6.21. The van der Waals surface area contributed by atoms with Crippen LogP contribution in [-0.2, 0) is 9.59 Å². The fraction of sp³-hybridized carbons (Fsp3) is 0.480. The molecule has 1 aromatic carbocycles. The van der Waals surface area contributed by atoms with Crippen molar-refractivity contribution in [3.63, 3.8) is 0 Å². The summed E-state index contributed by atoms with van der Waals surface area (Å²) in [4.78, 5) is 42.5. The van der Waals surface area contributed by atoms with E-state index in [4.69, 9.17) is 0 Å². The van der Waals surface area contributed by atoms with Crippen molar-refractivity contribution in [2.75, 3.05) is 43.4 Å². The van der Waals surface area contributed by atoms with E-state index >= 15 is 0 Å². The Morgan fingerprint density at radius 1 is 0.939 bits per heavy atom. The van der Waals surface area contributed by atoms with Crippen LogP contribution in [0.1, 0.15) is 47.1 Å². The van der Waals surface area contributed by atoms with E-state index in [9.17, 15) is 14.4 Å². The fourth-order valence-electron chi connectivity index (χ4n) is 3.70. The Hall–Kier alpha value is -2.71. The number of aryl methyl sites for hydroxylation is 3. The highest BCUT2D eigenvalue weighted by atomic mass is 32.1. The first-order chi connectivity index (χ1) is 15.5. The second-order valence-electron chi connectivity index (χ2n) is 9.71. The number of para-hydroxylation sites is 1. The van der Waals surface area contributed by atoms with Gasteiger partial charge in [-0.2, -0.15) is 0 Å². The molecule has 0 atom stereocenters. The van der Waals surface area contributed by atoms with Gasteiger partial charge in [0, 0.05) is 37.3 Å². The summed E-state index contributed by atoms with van der Waals surface area (Å²) in [5.74, 6) is -0.135. The first-order valence-electron chi connectivity index (χ1n) is 11.3. The van der Waals surface area contributed by atoms with Crippen LogP contribution in [0.5, 0.6) is 0 Å². The van der Waals surface area contributed by atoms with Gasteiger partial charge in [-0.1, -0.05) is 39.0 Å². The molecule has 1 aromatic heterocycles. The third-order valence-corrected chi connectivity index (χ3v) is 6.94. The topological polar surface area (TPSA) is 81.8 Å². The van der Waals surface area contributed by atoms with E-state index in [2.05, 4.69) is 15.5 Å². The molecule has 2 N–H and O–H groups in total. The molecule has 0 radical (unpaired) electrons. The molecule has 7 nitrogen and oxygen atoms in total. The number of amides is 3. The molecule has 1 aliphatic rings. The molecular weight excluding hydrogens is 436 g/mol. The predicted molar refractivity (Wildman–Crippen MR) is 134 cm³/mol. The van der Waals surface area contributed by atoms with E-state index in [1.54, 1.807) is 0 Å². The molecule has 2 aromatic rings. The molecule has 0 bridgehead atoms. The highest BCUT2D eigenvalue weighted by Gasteiger charge is 2.27. The van der Waals surface area contributed by atoms with Crippen molar-refractivity contribution in [1.82, 2.24) is 9.80 Å². The molecule has 0 saturated carbocycles. The first-order valence-corrected chi connectivity index (χ1v) is 12.1. The Labute approximate surface area is 200 Å². The maximum absolute atomic E-state index is 13.1. The number of carbonyl (C=O) groups is 3. The number of benzene rings is 1. The van der Waals surface area contributed by atoms with Crippen LogP contribution < -0.4 is 10.6 Å². The maximum atomic E-state index is 13.1. The molecule has 1 aliphatic heterocycles. The molecule has 8 heteroatoms. The van der Waals surface area contributed by atoms with Gasteiger partial charge in [0.2, 0.25) is 11.8 Å². The van der Waals surface area contributed by atoms with Crippen LogP contribution in [0.25, 0.3) is 0 Å². The number of piperazine rings is 1. The number of nitrogens with one attached hydrogen (secondary N) is 2. The largest absolute Gasteiger partial charge is 0.335 e. The van der Waals surface area contributed by atoms with Crippen LogP contribution in [0.3, 0.4) is 0 Å². The number of rotatable bonds is 5. The zero-order valence-electron chi connectivity index (χ0n) is 20.4. The van der Waals surface area contributed by atoms with Crippen molar-refractivity contribution in [1.29, 1.82) is 0 Å². The van der Waals surface area contributed by atoms with Crippen LogP contribution in [0.4, 0.5) is 10.7 Å². The Kier molecular flexibility index (Phi) is 7.59. The van der Waals surface area contributed by atoms with E-state index in [0.717, 1.165) is 22.4 Å². The number of hydrogen-bond donors (Lipinski definition) is 2. The summed E-state index contributed by atoms with van der Waals surface area (Å²) in [6.07, 6.45) is 0. The van der Waals surface area contributed by atoms with Gasteiger partial charge in [-0.25, -0.2) is 0 Å². The Balaban J connectivity index is 1.54. The van der Waals surface area contributed by atoms with Gasteiger partial charge in [-0.05, 0) is 43.5 Å². The second-order valence-corrected chi connectivity index (χ2v) is 10.8. The lowest BCUT2D eigenvalue weighted by Crippen LogP contribution is -2.50. The summed E-state index contributed by atoms with van der Waals surface area (Å²) < 4.78 is 0. The lowest BCUT2D eigenvalue weighted by Gasteiger charge is -2.34. The van der Waals surface area contributed by atoms with Gasteiger partial charge in [0.1, 0.15) is 0 Å². The SMILES string of the molecule is Cc1cc(NC(=O)C(C)(C)C)sc1C(=O)N1CCN(CC(=O)Nc2c(C)cccc2C)CC1. The monoisotopic (exact) mass is 470 g/mol. The van der Waals surface area contributed by atoms with Gasteiger partial charge in [0.05, 0.1) is 16.4 Å². The molecule has 178 valence electrons. The van der Waals surface area contributed by atoms with Gasteiger partial charge in [0.15, 0.2) is 0 Å². The van der Waals surface area contributed by atoms with Crippen LogP contribution >= 0.6 is 11.3 Å². The minimum atomic E-state index is -0.497. The van der Waals surface area contributed by atoms with Crippen LogP contribution in [-0.4, -0.2) is 60.2 Å². The van der Waals surface area contributed by atoms with Crippen molar-refractivity contribution in [3.05, 3.63) is 45.8 Å². The minimum Gasteiger partial charge on any atom is -0.335 e. The smallest absolute Gasteiger partial charge is 0.264 e. The summed E-state index contributed by atoms with van der Waals surface area (Å²) in [6, 6.07) is 7.81. The third-order valence-electron chi connectivity index (χ3n) is 5.80. The molecular formula is C25H34N4O3S. The predicted octanol–water partition coefficient (Wildman–Crippen LogP) is 4.05. The Bertz CT molecular complexity index is 1030. The average Bonchev–Trinajstić information content (AvgIpc) is 3.10. The van der Waals surface area contributed by atoms with Gasteiger partial charge in [0.25, 0.3) is 5.91 Å². The fourth-order valence-corrected chi connectivity index (χ4v) is 4.74. The van der Waals surface area contributed by atoms with E-state index in [-0.39, 0.29) is 17.7 Å². The number of hydrogen-bond acceptors (Lipinski definition) is 5. The minimum absolute atomic E-state index is 0.0200. The first kappa shape index (κ1) is 24.9. The quantitative estimate of drug-likeness (QED) is 0.691. The summed E-state index contributed by atoms with van der Waals surface area (Å²) in [7, 11) is 0. The molecule has 3 rings (SSSR count). The maximum Gasteiger partial charge on any atom is 0.264 e. The normalized spacial score (nSPS) is 14.8. The van der Waals surface area contributed by atoms with Crippen molar-refractivity contribution in [2.45, 2.75) is 41.5 Å². The van der Waals surface area contributed by atoms with Crippen LogP contribution in [0.15, 0.2) is 24.3 Å². The molecule has 3 amide bonds. The standard InChI is InChI=1S/C25H34N4O3S/c1-16-8-7-9-17(2)21(16)26-19(30)15-28-10-12-29(13-11-28)23(31)22-18(3)14-20(33-22)27-24(32)25(4,5)6/h7-9,14H,10-13,15H2,1-6H3,(H,26,30)(H,27,32). The number of carbonyl (C=O) groups excluding carboxylic acids is 3. The van der Waals surface area contributed by atoms with Gasteiger partial charge >= 0.3 is 0 Å². The summed E-state index contributed by atoms with van der Waals surface area (Å²) in [6.45, 7) is 14.2. The molecule has 1 fully saturated rings. The summed E-state index contributed by atoms with van der Waals surface area (Å²) in [5.41, 5.74) is 3.33. The van der Waals surface area contributed by atoms with E-state index in [0.29, 0.717) is 42.6 Å². The second kappa shape index (κ2) is 10.1. The highest BCUT2D eigenvalue weighted by Crippen LogP contribution is 2.29. The summed E-state index contributed by atoms with van der Waals surface area (Å²) >= 11 is 1.32. The number of anilines is 2. The van der Waals surface area contributed by atoms with Gasteiger partial charge in [-0.3, -0.25) is 19.3 Å². The van der Waals surface area contributed by atoms with Crippen molar-refractivity contribution >= 4 is 39.7 Å². The van der Waals surface area contributed by atoms with Gasteiger partial charge in [-0.15, -0.1) is 11.3 Å². The highest BCUT2D eigenvalue weighted by molar-refractivity contribution is 7.18. The average molecular weight is 471 g/mol. The van der Waals surface area contributed by atoms with Crippen molar-refractivity contribution < 1.29 is 14.4 Å². The van der Waals surface area contributed by atoms with Crippen molar-refractivity contribution in [2.24, 2.45) is 5.41 Å². The van der Waals surface area contributed by atoms with E-state index in [1.807, 2.05) is 70.7 Å². The Morgan fingerprint density at radius 3 is 2.12 bits per heavy atom. The molecule has 1 saturated heterocycles. The molecule has 33 heavy (non-hydrogen) atoms. The lowest BCUT2D eigenvalue weighted by atomic mass is 9.96. The van der Waals surface area contributed by atoms with Crippen LogP contribution in [0, 0.1) is 26.2 Å². The van der Waals surface area contributed by atoms with Gasteiger partial charge < -0.3 is 15.5 Å². The van der Waals surface area contributed by atoms with Crippen molar-refractivity contribution in [3.8, 4) is 0 Å². The molecule has 0 unspecified atom stereocenters. The molecule has 0 aliphatic carbocycles. The Morgan fingerprint density at radius 2 is 1.55 bits per heavy atom. The lowest BCUT2D eigenvalue weighted by molar-refractivity contribution is -0.123. The number of thiophene rings is 1. The summed E-state index contributed by atoms with van der Waals surface area (Å²) in [5, 5.41) is 6.63. The zero-order chi connectivity index (χ0) is 24.3. The zero-order valence-corrected chi connectivity index (χ0v) is 21.2. The van der Waals surface area contributed by atoms with E-state index in [1.165, 1.54) is 11.3 Å². The van der Waals surface area contributed by atoms with Crippen LogP contribution in [0.2, 0.25) is 0 Å². The number of nitrogens with zero attached hydrogens (tertiary/aromatic N) is 2.